The van der Waals surface area contributed by atoms with Gasteiger partial charge in [0.05, 0.1) is 24.6 Å². The van der Waals surface area contributed by atoms with Crippen molar-refractivity contribution in [3.05, 3.63) is 28.7 Å². The molecule has 0 radical (unpaired) electrons. The molecule has 12 heteroatoms. The van der Waals surface area contributed by atoms with Crippen molar-refractivity contribution in [3.63, 3.8) is 0 Å². The molecule has 2 aromatic heterocycles. The molecule has 4 rings (SSSR count). The van der Waals surface area contributed by atoms with Crippen LogP contribution in [0, 0.1) is 12.7 Å². The monoisotopic (exact) mass is 498 g/mol. The second-order valence-electron chi connectivity index (χ2n) is 8.82. The number of halogens is 1. The Morgan fingerprint density at radius 1 is 1.27 bits per heavy atom. The van der Waals surface area contributed by atoms with E-state index in [9.17, 15) is 18.6 Å². The van der Waals surface area contributed by atoms with Gasteiger partial charge < -0.3 is 14.9 Å². The first-order valence-electron chi connectivity index (χ1n) is 10.6. The summed E-state index contributed by atoms with van der Waals surface area (Å²) in [6.45, 7) is 4.93. The number of hydrogen-bond acceptors (Lipinski definition) is 8. The highest BCUT2D eigenvalue weighted by molar-refractivity contribution is 7.89. The Bertz CT molecular complexity index is 1290. The number of aliphatic hydroxyl groups is 2. The molecule has 1 aromatic carbocycles. The van der Waals surface area contributed by atoms with Gasteiger partial charge in [-0.2, -0.15) is 5.10 Å². The lowest BCUT2D eigenvalue weighted by Crippen LogP contribution is -2.38. The van der Waals surface area contributed by atoms with E-state index in [4.69, 9.17) is 4.74 Å². The highest BCUT2D eigenvalue weighted by atomic mass is 32.2. The van der Waals surface area contributed by atoms with Gasteiger partial charge in [-0.3, -0.25) is 0 Å². The Labute approximate surface area is 195 Å². The van der Waals surface area contributed by atoms with E-state index in [2.05, 4.69) is 14.8 Å². The van der Waals surface area contributed by atoms with Crippen LogP contribution in [0.4, 0.5) is 4.39 Å². The van der Waals surface area contributed by atoms with Crippen LogP contribution in [0.15, 0.2) is 17.0 Å². The van der Waals surface area contributed by atoms with E-state index in [-0.39, 0.29) is 22.3 Å². The molecule has 180 valence electrons. The number of benzene rings is 1. The standard InChI is InChI=1S/C21H27FN4O5S2/c1-11-17(26-20(23-11)32-19(24-26)21(2,3)28)12-9-15(22)18(31-4)16(10-12)33(29,30)25-13-5-7-14(27)8-6-13/h9-10,13-14,25,27-28H,5-8H2,1-4H3. The third kappa shape index (κ3) is 4.62. The van der Waals surface area contributed by atoms with Crippen molar-refractivity contribution in [2.24, 2.45) is 0 Å². The van der Waals surface area contributed by atoms with Crippen molar-refractivity contribution in [3.8, 4) is 17.0 Å². The molecule has 0 aliphatic heterocycles. The fourth-order valence-corrected chi connectivity index (χ4v) is 6.46. The predicted molar refractivity (Wildman–Crippen MR) is 121 cm³/mol. The first-order valence-corrected chi connectivity index (χ1v) is 12.9. The van der Waals surface area contributed by atoms with Crippen molar-refractivity contribution >= 4 is 26.3 Å². The Morgan fingerprint density at radius 3 is 2.55 bits per heavy atom. The highest BCUT2D eigenvalue weighted by Crippen LogP contribution is 2.36. The first-order chi connectivity index (χ1) is 15.4. The average Bonchev–Trinajstić information content (AvgIpc) is 3.25. The Kier molecular flexibility index (Phi) is 6.25. The van der Waals surface area contributed by atoms with Gasteiger partial charge in [0.15, 0.2) is 11.6 Å². The lowest BCUT2D eigenvalue weighted by Gasteiger charge is -2.26. The molecular weight excluding hydrogens is 471 g/mol. The van der Waals surface area contributed by atoms with E-state index in [1.807, 2.05) is 0 Å². The van der Waals surface area contributed by atoms with Crippen LogP contribution in [0.2, 0.25) is 0 Å². The van der Waals surface area contributed by atoms with Gasteiger partial charge in [-0.15, -0.1) is 0 Å². The van der Waals surface area contributed by atoms with Gasteiger partial charge in [0, 0.05) is 11.6 Å². The molecule has 1 saturated carbocycles. The topological polar surface area (TPSA) is 126 Å². The van der Waals surface area contributed by atoms with Crippen molar-refractivity contribution < 1.29 is 27.8 Å². The maximum absolute atomic E-state index is 15.1. The number of imidazole rings is 1. The number of nitrogens with one attached hydrogen (secondary N) is 1. The molecule has 1 fully saturated rings. The summed E-state index contributed by atoms with van der Waals surface area (Å²) in [5.74, 6) is -1.21. The molecule has 3 aromatic rings. The molecule has 0 atom stereocenters. The SMILES string of the molecule is COc1c(F)cc(-c2c(C)nc3sc(C(C)(C)O)nn23)cc1S(=O)(=O)NC1CCC(O)CC1. The number of sulfonamides is 1. The first kappa shape index (κ1) is 24.0. The zero-order chi connectivity index (χ0) is 24.1. The number of ether oxygens (including phenoxy) is 1. The summed E-state index contributed by atoms with van der Waals surface area (Å²) in [5.41, 5.74) is 0.0484. The number of rotatable bonds is 6. The van der Waals surface area contributed by atoms with E-state index in [1.165, 1.54) is 35.1 Å². The van der Waals surface area contributed by atoms with Crippen LogP contribution in [0.25, 0.3) is 16.2 Å². The summed E-state index contributed by atoms with van der Waals surface area (Å²) in [6.07, 6.45) is 1.55. The molecule has 9 nitrogen and oxygen atoms in total. The lowest BCUT2D eigenvalue weighted by molar-refractivity contribution is 0.0773. The number of aromatic nitrogens is 3. The summed E-state index contributed by atoms with van der Waals surface area (Å²) in [5, 5.41) is 24.8. The number of aliphatic hydroxyl groups excluding tert-OH is 1. The molecule has 2 heterocycles. The summed E-state index contributed by atoms with van der Waals surface area (Å²) in [4.78, 5) is 4.63. The summed E-state index contributed by atoms with van der Waals surface area (Å²) >= 11 is 1.20. The zero-order valence-corrected chi connectivity index (χ0v) is 20.4. The molecular formula is C21H27FN4O5S2. The maximum atomic E-state index is 15.1. The molecule has 0 spiro atoms. The highest BCUT2D eigenvalue weighted by Gasteiger charge is 2.30. The number of methoxy groups -OCH3 is 1. The van der Waals surface area contributed by atoms with E-state index < -0.39 is 27.5 Å². The normalized spacial score (nSPS) is 19.8. The summed E-state index contributed by atoms with van der Waals surface area (Å²) in [6, 6.07) is 2.18. The fraction of sp³-hybridized carbons (Fsp3) is 0.524. The Morgan fingerprint density at radius 2 is 1.94 bits per heavy atom. The van der Waals surface area contributed by atoms with Crippen LogP contribution in [0.1, 0.15) is 50.2 Å². The van der Waals surface area contributed by atoms with Gasteiger partial charge >= 0.3 is 0 Å². The van der Waals surface area contributed by atoms with Gasteiger partial charge in [0.1, 0.15) is 15.5 Å². The van der Waals surface area contributed by atoms with E-state index in [0.717, 1.165) is 0 Å². The van der Waals surface area contributed by atoms with Gasteiger partial charge in [-0.25, -0.2) is 27.0 Å². The number of fused-ring (bicyclic) bond motifs is 1. The van der Waals surface area contributed by atoms with E-state index in [0.29, 0.717) is 47.0 Å². The van der Waals surface area contributed by atoms with Gasteiger partial charge in [0.25, 0.3) is 0 Å². The Balaban J connectivity index is 1.81. The lowest BCUT2D eigenvalue weighted by atomic mass is 9.94. The third-order valence-corrected chi connectivity index (χ3v) is 8.44. The van der Waals surface area contributed by atoms with Gasteiger partial charge in [-0.05, 0) is 58.6 Å². The Hall–Kier alpha value is -2.12. The molecule has 33 heavy (non-hydrogen) atoms. The number of hydrogen-bond donors (Lipinski definition) is 3. The van der Waals surface area contributed by atoms with Crippen molar-refractivity contribution in [2.75, 3.05) is 7.11 Å². The average molecular weight is 499 g/mol. The van der Waals surface area contributed by atoms with E-state index in [1.54, 1.807) is 20.8 Å². The molecule has 3 N–H and O–H groups in total. The molecule has 0 unspecified atom stereocenters. The molecule has 1 aliphatic rings. The molecule has 0 amide bonds. The van der Waals surface area contributed by atoms with E-state index >= 15 is 4.39 Å². The zero-order valence-electron chi connectivity index (χ0n) is 18.8. The predicted octanol–water partition coefficient (Wildman–Crippen LogP) is 2.72. The molecule has 0 bridgehead atoms. The van der Waals surface area contributed by atoms with Crippen molar-refractivity contribution in [1.29, 1.82) is 0 Å². The minimum absolute atomic E-state index is 0.269. The number of aryl methyl sites for hydroxylation is 1. The van der Waals surface area contributed by atoms with Crippen LogP contribution >= 0.6 is 11.3 Å². The van der Waals surface area contributed by atoms with Crippen LogP contribution in [-0.4, -0.2) is 52.5 Å². The van der Waals surface area contributed by atoms with Crippen LogP contribution in [-0.2, 0) is 15.6 Å². The van der Waals surface area contributed by atoms with Gasteiger partial charge in [-0.1, -0.05) is 11.3 Å². The molecule has 0 saturated heterocycles. The smallest absolute Gasteiger partial charge is 0.244 e. The van der Waals surface area contributed by atoms with Crippen LogP contribution in [0.3, 0.4) is 0 Å². The van der Waals surface area contributed by atoms with Gasteiger partial charge in [0.2, 0.25) is 15.0 Å². The maximum Gasteiger partial charge on any atom is 0.244 e. The minimum Gasteiger partial charge on any atom is -0.492 e. The molecule has 1 aliphatic carbocycles. The summed E-state index contributed by atoms with van der Waals surface area (Å²) in [7, 11) is -2.91. The van der Waals surface area contributed by atoms with Crippen LogP contribution < -0.4 is 9.46 Å². The summed E-state index contributed by atoms with van der Waals surface area (Å²) < 4.78 is 50.7. The van der Waals surface area contributed by atoms with Crippen molar-refractivity contribution in [1.82, 2.24) is 19.3 Å². The fourth-order valence-electron chi connectivity index (χ4n) is 4.01. The minimum atomic E-state index is -4.12. The second kappa shape index (κ2) is 8.58. The van der Waals surface area contributed by atoms with Crippen LogP contribution in [0.5, 0.6) is 5.75 Å². The largest absolute Gasteiger partial charge is 0.492 e. The van der Waals surface area contributed by atoms with Crippen molar-refractivity contribution in [2.45, 2.75) is 69.1 Å². The second-order valence-corrected chi connectivity index (χ2v) is 11.5. The number of nitrogens with zero attached hydrogens (tertiary/aromatic N) is 3. The third-order valence-electron chi connectivity index (χ3n) is 5.70. The quantitative estimate of drug-likeness (QED) is 0.477.